The quantitative estimate of drug-likeness (QED) is 0.569. The van der Waals surface area contributed by atoms with Crippen molar-refractivity contribution in [2.45, 2.75) is 18.2 Å². The summed E-state index contributed by atoms with van der Waals surface area (Å²) < 4.78 is 18.2. The van der Waals surface area contributed by atoms with Crippen LogP contribution in [0.5, 0.6) is 0 Å². The third-order valence-corrected chi connectivity index (χ3v) is 2.69. The Morgan fingerprint density at radius 1 is 1.53 bits per heavy atom. The van der Waals surface area contributed by atoms with Gasteiger partial charge in [0.25, 0.3) is 5.69 Å². The maximum Gasteiger partial charge on any atom is 0.269 e. The Kier molecular flexibility index (Phi) is 2.19. The highest BCUT2D eigenvalue weighted by molar-refractivity contribution is 5.37. The van der Waals surface area contributed by atoms with Gasteiger partial charge in [0.15, 0.2) is 0 Å². The molecule has 0 spiro atoms. The molecule has 2 atom stereocenters. The van der Waals surface area contributed by atoms with Gasteiger partial charge in [-0.1, -0.05) is 12.1 Å². The minimum Gasteiger partial charge on any atom is -0.349 e. The van der Waals surface area contributed by atoms with Gasteiger partial charge in [0, 0.05) is 31.6 Å². The predicted octanol–water partition coefficient (Wildman–Crippen LogP) is 2.39. The number of halogens is 1. The van der Waals surface area contributed by atoms with E-state index < -0.39 is 10.8 Å². The SMILES string of the molecule is CO[C@@]1(F)C[C@H]1c1ccc([N+](=O)[O-])cc1. The molecule has 4 nitrogen and oxygen atoms in total. The zero-order chi connectivity index (χ0) is 11.1. The molecular formula is C10H10FNO3. The highest BCUT2D eigenvalue weighted by Crippen LogP contribution is 2.55. The molecule has 1 aromatic rings. The van der Waals surface area contributed by atoms with E-state index in [9.17, 15) is 14.5 Å². The molecule has 0 saturated heterocycles. The van der Waals surface area contributed by atoms with E-state index in [1.165, 1.54) is 19.2 Å². The Labute approximate surface area is 85.8 Å². The molecule has 0 radical (unpaired) electrons. The van der Waals surface area contributed by atoms with Crippen LogP contribution in [0.2, 0.25) is 0 Å². The first kappa shape index (κ1) is 10.0. The van der Waals surface area contributed by atoms with Crippen molar-refractivity contribution in [3.8, 4) is 0 Å². The van der Waals surface area contributed by atoms with Gasteiger partial charge in [0.1, 0.15) is 0 Å². The maximum absolute atomic E-state index is 13.5. The van der Waals surface area contributed by atoms with E-state index >= 15 is 0 Å². The number of nitro benzene ring substituents is 1. The molecule has 80 valence electrons. The van der Waals surface area contributed by atoms with E-state index in [0.29, 0.717) is 6.42 Å². The van der Waals surface area contributed by atoms with Crippen LogP contribution in [0.25, 0.3) is 0 Å². The zero-order valence-electron chi connectivity index (χ0n) is 8.14. The number of alkyl halides is 1. The van der Waals surface area contributed by atoms with Crippen molar-refractivity contribution in [3.63, 3.8) is 0 Å². The fourth-order valence-electron chi connectivity index (χ4n) is 1.64. The van der Waals surface area contributed by atoms with E-state index in [0.717, 1.165) is 5.56 Å². The number of hydrogen-bond acceptors (Lipinski definition) is 3. The number of methoxy groups -OCH3 is 1. The molecule has 1 aliphatic rings. The molecule has 0 N–H and O–H groups in total. The number of rotatable bonds is 3. The maximum atomic E-state index is 13.5. The van der Waals surface area contributed by atoms with Gasteiger partial charge in [0.2, 0.25) is 5.85 Å². The third kappa shape index (κ3) is 1.70. The molecule has 0 bridgehead atoms. The topological polar surface area (TPSA) is 52.4 Å². The Morgan fingerprint density at radius 2 is 2.13 bits per heavy atom. The lowest BCUT2D eigenvalue weighted by Crippen LogP contribution is -2.05. The number of benzene rings is 1. The second kappa shape index (κ2) is 3.27. The minimum atomic E-state index is -1.57. The van der Waals surface area contributed by atoms with Crippen LogP contribution in [0.4, 0.5) is 10.1 Å². The van der Waals surface area contributed by atoms with Crippen molar-refractivity contribution in [1.29, 1.82) is 0 Å². The molecule has 1 aromatic carbocycles. The van der Waals surface area contributed by atoms with Crippen molar-refractivity contribution in [1.82, 2.24) is 0 Å². The highest BCUT2D eigenvalue weighted by Gasteiger charge is 2.57. The van der Waals surface area contributed by atoms with Gasteiger partial charge in [-0.25, -0.2) is 4.39 Å². The number of nitrogens with zero attached hydrogens (tertiary/aromatic N) is 1. The summed E-state index contributed by atoms with van der Waals surface area (Å²) in [6.45, 7) is 0. The van der Waals surface area contributed by atoms with Crippen LogP contribution < -0.4 is 0 Å². The molecule has 1 aliphatic carbocycles. The summed E-state index contributed by atoms with van der Waals surface area (Å²) in [6.07, 6.45) is 0.321. The summed E-state index contributed by atoms with van der Waals surface area (Å²) in [5, 5.41) is 10.4. The Balaban J connectivity index is 2.16. The monoisotopic (exact) mass is 211 g/mol. The van der Waals surface area contributed by atoms with Crippen LogP contribution in [0, 0.1) is 10.1 Å². The molecule has 2 rings (SSSR count). The summed E-state index contributed by atoms with van der Waals surface area (Å²) in [6, 6.07) is 5.90. The standard InChI is InChI=1S/C10H10FNO3/c1-15-10(11)6-9(10)7-2-4-8(5-3-7)12(13)14/h2-5,9H,6H2,1H3/t9-,10-/m0/s1. The lowest BCUT2D eigenvalue weighted by molar-refractivity contribution is -0.384. The summed E-state index contributed by atoms with van der Waals surface area (Å²) in [5.41, 5.74) is 0.756. The van der Waals surface area contributed by atoms with E-state index in [2.05, 4.69) is 0 Å². The predicted molar refractivity (Wildman–Crippen MR) is 51.3 cm³/mol. The average molecular weight is 211 g/mol. The van der Waals surface area contributed by atoms with Crippen molar-refractivity contribution in [3.05, 3.63) is 39.9 Å². The lowest BCUT2D eigenvalue weighted by Gasteiger charge is -2.04. The van der Waals surface area contributed by atoms with Crippen LogP contribution in [0.3, 0.4) is 0 Å². The van der Waals surface area contributed by atoms with E-state index in [1.807, 2.05) is 0 Å². The summed E-state index contributed by atoms with van der Waals surface area (Å²) in [7, 11) is 1.32. The van der Waals surface area contributed by atoms with E-state index in [4.69, 9.17) is 4.74 Å². The molecule has 15 heavy (non-hydrogen) atoms. The van der Waals surface area contributed by atoms with Crippen LogP contribution in [0.15, 0.2) is 24.3 Å². The smallest absolute Gasteiger partial charge is 0.269 e. The highest BCUT2D eigenvalue weighted by atomic mass is 19.2. The van der Waals surface area contributed by atoms with Gasteiger partial charge < -0.3 is 4.74 Å². The summed E-state index contributed by atoms with van der Waals surface area (Å²) in [4.78, 5) is 9.91. The van der Waals surface area contributed by atoms with Gasteiger partial charge in [-0.05, 0) is 5.56 Å². The third-order valence-electron chi connectivity index (χ3n) is 2.69. The van der Waals surface area contributed by atoms with Crippen LogP contribution in [-0.2, 0) is 4.74 Å². The Morgan fingerprint density at radius 3 is 2.53 bits per heavy atom. The lowest BCUT2D eigenvalue weighted by atomic mass is 10.1. The Bertz CT molecular complexity index is 392. The van der Waals surface area contributed by atoms with Crippen LogP contribution in [-0.4, -0.2) is 17.9 Å². The van der Waals surface area contributed by atoms with E-state index in [-0.39, 0.29) is 11.6 Å². The van der Waals surface area contributed by atoms with Crippen molar-refractivity contribution < 1.29 is 14.1 Å². The molecule has 0 aromatic heterocycles. The van der Waals surface area contributed by atoms with Gasteiger partial charge in [-0.3, -0.25) is 10.1 Å². The van der Waals surface area contributed by atoms with Gasteiger partial charge in [-0.15, -0.1) is 0 Å². The molecule has 0 amide bonds. The fourth-order valence-corrected chi connectivity index (χ4v) is 1.64. The first-order chi connectivity index (χ1) is 7.07. The largest absolute Gasteiger partial charge is 0.349 e. The minimum absolute atomic E-state index is 0.0151. The number of ether oxygens (including phenoxy) is 1. The first-order valence-corrected chi connectivity index (χ1v) is 4.55. The number of nitro groups is 1. The van der Waals surface area contributed by atoms with Crippen LogP contribution in [0.1, 0.15) is 17.9 Å². The second-order valence-electron chi connectivity index (χ2n) is 3.60. The Hall–Kier alpha value is -1.49. The van der Waals surface area contributed by atoms with Gasteiger partial charge in [-0.2, -0.15) is 0 Å². The van der Waals surface area contributed by atoms with Gasteiger partial charge in [0.05, 0.1) is 4.92 Å². The summed E-state index contributed by atoms with van der Waals surface area (Å²) >= 11 is 0. The van der Waals surface area contributed by atoms with Crippen molar-refractivity contribution >= 4 is 5.69 Å². The average Bonchev–Trinajstić information content (AvgIpc) is 2.92. The normalized spacial score (nSPS) is 28.8. The molecular weight excluding hydrogens is 201 g/mol. The fraction of sp³-hybridized carbons (Fsp3) is 0.400. The number of hydrogen-bond donors (Lipinski definition) is 0. The molecule has 0 aliphatic heterocycles. The first-order valence-electron chi connectivity index (χ1n) is 4.55. The molecule has 0 heterocycles. The van der Waals surface area contributed by atoms with Crippen molar-refractivity contribution in [2.75, 3.05) is 7.11 Å². The molecule has 5 heteroatoms. The number of non-ortho nitro benzene ring substituents is 1. The second-order valence-corrected chi connectivity index (χ2v) is 3.60. The van der Waals surface area contributed by atoms with Gasteiger partial charge >= 0.3 is 0 Å². The summed E-state index contributed by atoms with van der Waals surface area (Å²) in [5.74, 6) is -1.86. The molecule has 1 saturated carbocycles. The zero-order valence-corrected chi connectivity index (χ0v) is 8.14. The van der Waals surface area contributed by atoms with E-state index in [1.54, 1.807) is 12.1 Å². The van der Waals surface area contributed by atoms with Crippen LogP contribution >= 0.6 is 0 Å². The van der Waals surface area contributed by atoms with Crippen molar-refractivity contribution in [2.24, 2.45) is 0 Å². The molecule has 1 fully saturated rings. The molecule has 0 unspecified atom stereocenters.